The van der Waals surface area contributed by atoms with Gasteiger partial charge in [-0.15, -0.1) is 0 Å². The Balaban J connectivity index is 0. The first-order valence-corrected chi connectivity index (χ1v) is 12.0. The molecular weight excluding hydrogens is 375 g/mol. The molecule has 0 radical (unpaired) electrons. The van der Waals surface area contributed by atoms with Crippen LogP contribution in [0.3, 0.4) is 0 Å². The van der Waals surface area contributed by atoms with E-state index in [1.807, 2.05) is 0 Å². The molecule has 0 spiro atoms. The van der Waals surface area contributed by atoms with Gasteiger partial charge < -0.3 is 9.66 Å². The first-order chi connectivity index (χ1) is 11.9. The van der Waals surface area contributed by atoms with Crippen molar-refractivity contribution < 1.29 is 69.5 Å². The molecule has 0 saturated carbocycles. The SMILES string of the molecule is CCCCCCCCCCC(O)CC(CCCCCCC)S(=O)(=O)[O-].[K+]. The fourth-order valence-electron chi connectivity index (χ4n) is 3.29. The molecule has 0 aromatic carbocycles. The van der Waals surface area contributed by atoms with Crippen LogP contribution in [-0.4, -0.2) is 29.4 Å². The predicted octanol–water partition coefficient (Wildman–Crippen LogP) is 2.55. The second-order valence-corrected chi connectivity index (χ2v) is 9.12. The molecule has 26 heavy (non-hydrogen) atoms. The van der Waals surface area contributed by atoms with Crippen molar-refractivity contribution in [3.05, 3.63) is 0 Å². The molecule has 0 bridgehead atoms. The molecule has 152 valence electrons. The van der Waals surface area contributed by atoms with Crippen LogP contribution in [0.1, 0.15) is 117 Å². The Kier molecular flexibility index (Phi) is 22.6. The van der Waals surface area contributed by atoms with E-state index in [2.05, 4.69) is 13.8 Å². The number of hydrogen-bond acceptors (Lipinski definition) is 4. The van der Waals surface area contributed by atoms with Crippen LogP contribution in [-0.2, 0) is 10.1 Å². The summed E-state index contributed by atoms with van der Waals surface area (Å²) in [5.74, 6) is 0. The molecular formula is C20H41KO4S. The van der Waals surface area contributed by atoms with Gasteiger partial charge >= 0.3 is 51.4 Å². The average molecular weight is 417 g/mol. The quantitative estimate of drug-likeness (QED) is 0.212. The van der Waals surface area contributed by atoms with Gasteiger partial charge in [-0.25, -0.2) is 8.42 Å². The van der Waals surface area contributed by atoms with Crippen molar-refractivity contribution >= 4 is 10.1 Å². The topological polar surface area (TPSA) is 77.4 Å². The molecule has 0 aliphatic heterocycles. The van der Waals surface area contributed by atoms with Gasteiger partial charge in [0.05, 0.1) is 21.5 Å². The summed E-state index contributed by atoms with van der Waals surface area (Å²) in [4.78, 5) is 0. The van der Waals surface area contributed by atoms with Crippen molar-refractivity contribution in [1.29, 1.82) is 0 Å². The largest absolute Gasteiger partial charge is 1.00 e. The molecule has 0 amide bonds. The molecule has 4 nitrogen and oxygen atoms in total. The van der Waals surface area contributed by atoms with E-state index >= 15 is 0 Å². The van der Waals surface area contributed by atoms with E-state index in [1.165, 1.54) is 38.5 Å². The van der Waals surface area contributed by atoms with E-state index in [9.17, 15) is 18.1 Å². The van der Waals surface area contributed by atoms with E-state index < -0.39 is 21.5 Å². The molecule has 2 atom stereocenters. The smallest absolute Gasteiger partial charge is 0.748 e. The zero-order valence-electron chi connectivity index (χ0n) is 17.5. The Bertz CT molecular complexity index is 387. The molecule has 0 aromatic heterocycles. The molecule has 0 fully saturated rings. The van der Waals surface area contributed by atoms with Gasteiger partial charge in [0.25, 0.3) is 0 Å². The first-order valence-electron chi connectivity index (χ1n) is 10.5. The van der Waals surface area contributed by atoms with Crippen LogP contribution < -0.4 is 51.4 Å². The minimum Gasteiger partial charge on any atom is -0.748 e. The number of aliphatic hydroxyl groups excluding tert-OH is 1. The third kappa shape index (κ3) is 18.9. The molecule has 0 aliphatic carbocycles. The maximum absolute atomic E-state index is 11.4. The van der Waals surface area contributed by atoms with E-state index in [0.717, 1.165) is 44.9 Å². The van der Waals surface area contributed by atoms with Gasteiger partial charge in [-0.3, -0.25) is 0 Å². The van der Waals surface area contributed by atoms with E-state index in [0.29, 0.717) is 12.8 Å². The summed E-state index contributed by atoms with van der Waals surface area (Å²) in [6.45, 7) is 4.34. The van der Waals surface area contributed by atoms with E-state index in [1.54, 1.807) is 0 Å². The van der Waals surface area contributed by atoms with Gasteiger partial charge in [-0.2, -0.15) is 0 Å². The molecule has 0 aliphatic rings. The number of aliphatic hydroxyl groups is 1. The van der Waals surface area contributed by atoms with Crippen molar-refractivity contribution in [1.82, 2.24) is 0 Å². The second kappa shape index (κ2) is 19.8. The fraction of sp³-hybridized carbons (Fsp3) is 1.00. The van der Waals surface area contributed by atoms with Gasteiger partial charge in [-0.1, -0.05) is 97.3 Å². The zero-order valence-corrected chi connectivity index (χ0v) is 21.5. The number of unbranched alkanes of at least 4 members (excludes halogenated alkanes) is 11. The van der Waals surface area contributed by atoms with Crippen molar-refractivity contribution in [2.24, 2.45) is 0 Å². The van der Waals surface area contributed by atoms with Gasteiger partial charge in [0.1, 0.15) is 0 Å². The second-order valence-electron chi connectivity index (χ2n) is 7.47. The molecule has 0 rings (SSSR count). The standard InChI is InChI=1S/C20H42O4S.K/c1-3-5-7-9-10-11-13-14-16-19(21)18-20(25(22,23)24)17-15-12-8-6-4-2;/h19-21H,3-18H2,1-2H3,(H,22,23,24);/q;+1/p-1. The summed E-state index contributed by atoms with van der Waals surface area (Å²) in [5.41, 5.74) is 0. The van der Waals surface area contributed by atoms with Crippen LogP contribution in [0.25, 0.3) is 0 Å². The first kappa shape index (κ1) is 29.7. The Labute approximate surface area is 205 Å². The van der Waals surface area contributed by atoms with Gasteiger partial charge in [0, 0.05) is 0 Å². The Hall–Kier alpha value is 1.51. The average Bonchev–Trinajstić information content (AvgIpc) is 2.55. The summed E-state index contributed by atoms with van der Waals surface area (Å²) in [6, 6.07) is 0. The van der Waals surface area contributed by atoms with Crippen LogP contribution in [0.15, 0.2) is 0 Å². The summed E-state index contributed by atoms with van der Waals surface area (Å²) >= 11 is 0. The van der Waals surface area contributed by atoms with Crippen molar-refractivity contribution in [2.45, 2.75) is 128 Å². The Morgan fingerprint density at radius 1 is 0.731 bits per heavy atom. The molecule has 1 N–H and O–H groups in total. The summed E-state index contributed by atoms with van der Waals surface area (Å²) in [5, 5.41) is 9.17. The zero-order chi connectivity index (χ0) is 19.0. The van der Waals surface area contributed by atoms with Crippen molar-refractivity contribution in [3.63, 3.8) is 0 Å². The van der Waals surface area contributed by atoms with Gasteiger partial charge in [-0.05, 0) is 19.3 Å². The van der Waals surface area contributed by atoms with Crippen LogP contribution >= 0.6 is 0 Å². The molecule has 6 heteroatoms. The summed E-state index contributed by atoms with van der Waals surface area (Å²) in [7, 11) is -4.31. The minimum atomic E-state index is -4.31. The van der Waals surface area contributed by atoms with Crippen LogP contribution in [0.5, 0.6) is 0 Å². The maximum Gasteiger partial charge on any atom is 1.00 e. The molecule has 0 saturated heterocycles. The van der Waals surface area contributed by atoms with E-state index in [4.69, 9.17) is 0 Å². The third-order valence-electron chi connectivity index (χ3n) is 4.96. The van der Waals surface area contributed by atoms with Crippen LogP contribution in [0.4, 0.5) is 0 Å². The normalized spacial score (nSPS) is 14.0. The fourth-order valence-corrected chi connectivity index (χ4v) is 4.20. The predicted molar refractivity (Wildman–Crippen MR) is 105 cm³/mol. The van der Waals surface area contributed by atoms with Crippen LogP contribution in [0.2, 0.25) is 0 Å². The van der Waals surface area contributed by atoms with Crippen molar-refractivity contribution in [3.8, 4) is 0 Å². The van der Waals surface area contributed by atoms with Crippen molar-refractivity contribution in [2.75, 3.05) is 0 Å². The summed E-state index contributed by atoms with van der Waals surface area (Å²) < 4.78 is 34.3. The Morgan fingerprint density at radius 3 is 1.54 bits per heavy atom. The minimum absolute atomic E-state index is 0. The van der Waals surface area contributed by atoms with Gasteiger partial charge in [0.15, 0.2) is 0 Å². The monoisotopic (exact) mass is 416 g/mol. The third-order valence-corrected chi connectivity index (χ3v) is 6.21. The number of hydrogen-bond donors (Lipinski definition) is 1. The number of rotatable bonds is 18. The van der Waals surface area contributed by atoms with Crippen LogP contribution in [0, 0.1) is 0 Å². The molecule has 0 aromatic rings. The van der Waals surface area contributed by atoms with E-state index in [-0.39, 0.29) is 57.8 Å². The molecule has 2 unspecified atom stereocenters. The maximum atomic E-state index is 11.4. The molecule has 0 heterocycles. The summed E-state index contributed by atoms with van der Waals surface area (Å²) in [6.07, 6.45) is 15.1. The van der Waals surface area contributed by atoms with Gasteiger partial charge in [0.2, 0.25) is 0 Å². The Morgan fingerprint density at radius 2 is 1.12 bits per heavy atom.